The maximum atomic E-state index is 13.3. The van der Waals surface area contributed by atoms with Gasteiger partial charge in [0.15, 0.2) is 12.4 Å². The second-order valence-electron chi connectivity index (χ2n) is 18.0. The summed E-state index contributed by atoms with van der Waals surface area (Å²) in [6.07, 6.45) is 55.2. The number of hydrogen-bond donors (Lipinski definition) is 6. The molecular formula is C60H95NO10. The Kier molecular flexibility index (Phi) is 42.8. The summed E-state index contributed by atoms with van der Waals surface area (Å²) in [5.74, 6) is -1.32. The largest absolute Gasteiger partial charge is 0.454 e. The van der Waals surface area contributed by atoms with E-state index in [1.54, 1.807) is 6.08 Å². The Balaban J connectivity index is 2.81. The summed E-state index contributed by atoms with van der Waals surface area (Å²) < 4.78 is 17.5. The molecule has 1 amide bonds. The lowest BCUT2D eigenvalue weighted by Gasteiger charge is -2.41. The predicted molar refractivity (Wildman–Crippen MR) is 291 cm³/mol. The molecule has 1 heterocycles. The topological polar surface area (TPSA) is 175 Å². The molecule has 0 aromatic rings. The molecule has 0 radical (unpaired) electrons. The van der Waals surface area contributed by atoms with E-state index in [-0.39, 0.29) is 19.4 Å². The van der Waals surface area contributed by atoms with Gasteiger partial charge in [-0.3, -0.25) is 9.59 Å². The molecule has 1 aliphatic rings. The van der Waals surface area contributed by atoms with E-state index in [0.29, 0.717) is 12.8 Å². The van der Waals surface area contributed by atoms with Gasteiger partial charge in [-0.25, -0.2) is 0 Å². The first-order chi connectivity index (χ1) is 34.7. The van der Waals surface area contributed by atoms with E-state index >= 15 is 0 Å². The molecule has 8 unspecified atom stereocenters. The molecule has 0 aromatic carbocycles. The van der Waals surface area contributed by atoms with Gasteiger partial charge < -0.3 is 45.1 Å². The fourth-order valence-electron chi connectivity index (χ4n) is 7.41. The zero-order valence-electron chi connectivity index (χ0n) is 43.8. The van der Waals surface area contributed by atoms with Gasteiger partial charge in [-0.1, -0.05) is 212 Å². The van der Waals surface area contributed by atoms with Gasteiger partial charge in [0.25, 0.3) is 0 Å². The van der Waals surface area contributed by atoms with Gasteiger partial charge in [-0.2, -0.15) is 0 Å². The van der Waals surface area contributed by atoms with Crippen molar-refractivity contribution in [3.8, 4) is 0 Å². The van der Waals surface area contributed by atoms with Gasteiger partial charge in [-0.05, 0) is 83.5 Å². The molecule has 11 heteroatoms. The number of esters is 1. The second-order valence-corrected chi connectivity index (χ2v) is 18.0. The molecule has 1 rings (SSSR count). The molecule has 8 atom stereocenters. The molecule has 0 bridgehead atoms. The SMILES string of the molecule is CC/C=C\C/C=C\C/C=C\C/C=C\C/C=C\CCCCCC(=O)OC1C(OCC(NC(=O)C(O)CC/C=C/C=C\C=C/C=C/C=C/CC)C(O)/C=C/CCCCCCCCCCC)OC(CO)C(O)C1O. The Morgan fingerprint density at radius 2 is 1.08 bits per heavy atom. The minimum atomic E-state index is -1.65. The smallest absolute Gasteiger partial charge is 0.306 e. The van der Waals surface area contributed by atoms with Crippen molar-refractivity contribution in [2.75, 3.05) is 13.2 Å². The Hall–Kier alpha value is -4.20. The van der Waals surface area contributed by atoms with Gasteiger partial charge in [-0.15, -0.1) is 0 Å². The number of carbonyl (C=O) groups excluding carboxylic acids is 2. The average molecular weight is 990 g/mol. The molecule has 0 spiro atoms. The third kappa shape index (κ3) is 35.5. The molecule has 11 nitrogen and oxygen atoms in total. The Labute approximate surface area is 429 Å². The zero-order chi connectivity index (χ0) is 51.8. The van der Waals surface area contributed by atoms with Crippen molar-refractivity contribution >= 4 is 11.9 Å². The highest BCUT2D eigenvalue weighted by molar-refractivity contribution is 5.80. The highest BCUT2D eigenvalue weighted by Crippen LogP contribution is 2.26. The first-order valence-electron chi connectivity index (χ1n) is 27.0. The van der Waals surface area contributed by atoms with Crippen LogP contribution in [0.15, 0.2) is 134 Å². The van der Waals surface area contributed by atoms with Crippen LogP contribution in [0, 0.1) is 0 Å². The van der Waals surface area contributed by atoms with Crippen molar-refractivity contribution < 1.29 is 49.3 Å². The third-order valence-corrected chi connectivity index (χ3v) is 11.7. The van der Waals surface area contributed by atoms with E-state index in [2.05, 4.69) is 92.9 Å². The van der Waals surface area contributed by atoms with Crippen LogP contribution < -0.4 is 5.32 Å². The van der Waals surface area contributed by atoms with E-state index in [4.69, 9.17) is 14.2 Å². The summed E-state index contributed by atoms with van der Waals surface area (Å²) in [6.45, 7) is 5.40. The van der Waals surface area contributed by atoms with Crippen LogP contribution in [0.5, 0.6) is 0 Å². The normalized spacial score (nSPS) is 20.7. The summed E-state index contributed by atoms with van der Waals surface area (Å²) in [7, 11) is 0. The number of unbranched alkanes of at least 4 members (excludes halogenated alkanes) is 12. The van der Waals surface area contributed by atoms with Crippen LogP contribution in [0.4, 0.5) is 0 Å². The lowest BCUT2D eigenvalue weighted by atomic mass is 9.99. The van der Waals surface area contributed by atoms with Gasteiger partial charge in [0.2, 0.25) is 5.91 Å². The number of rotatable bonds is 42. The summed E-state index contributed by atoms with van der Waals surface area (Å²) >= 11 is 0. The summed E-state index contributed by atoms with van der Waals surface area (Å²) in [5.41, 5.74) is 0. The fourth-order valence-corrected chi connectivity index (χ4v) is 7.41. The highest BCUT2D eigenvalue weighted by Gasteiger charge is 2.47. The molecule has 1 aliphatic heterocycles. The quantitative estimate of drug-likeness (QED) is 0.0149. The maximum Gasteiger partial charge on any atom is 0.306 e. The van der Waals surface area contributed by atoms with Crippen LogP contribution in [-0.4, -0.2) is 99.6 Å². The Morgan fingerprint density at radius 3 is 1.66 bits per heavy atom. The predicted octanol–water partition coefficient (Wildman–Crippen LogP) is 11.7. The van der Waals surface area contributed by atoms with Gasteiger partial charge in [0.1, 0.15) is 24.4 Å². The van der Waals surface area contributed by atoms with Gasteiger partial charge in [0, 0.05) is 6.42 Å². The van der Waals surface area contributed by atoms with Crippen LogP contribution in [0.2, 0.25) is 0 Å². The first-order valence-corrected chi connectivity index (χ1v) is 27.0. The molecule has 0 saturated carbocycles. The number of carbonyl (C=O) groups is 2. The van der Waals surface area contributed by atoms with Crippen LogP contribution in [0.3, 0.4) is 0 Å². The van der Waals surface area contributed by atoms with E-state index in [9.17, 15) is 35.1 Å². The number of amides is 1. The van der Waals surface area contributed by atoms with Crippen LogP contribution in [-0.2, 0) is 23.8 Å². The third-order valence-electron chi connectivity index (χ3n) is 11.7. The molecule has 1 saturated heterocycles. The van der Waals surface area contributed by atoms with Crippen molar-refractivity contribution in [2.24, 2.45) is 0 Å². The first kappa shape index (κ1) is 64.8. The van der Waals surface area contributed by atoms with Gasteiger partial charge in [0.05, 0.1) is 25.4 Å². The standard InChI is InChI=1S/C60H95NO10/c1-4-7-10-13-16-19-22-24-25-26-27-28-29-30-33-36-39-42-45-48-55(65)71-58-57(67)56(66)54(49-62)70-60(58)69-50-51(52(63)46-43-40-37-34-31-21-18-15-12-9-6-3)61-59(68)53(64)47-44-41-38-35-32-23-20-17-14-11-8-5-2/h7-8,10-11,14,16-17,19-20,23-25,27-28,30,32-33,35,38,41,43,46,51-54,56-58,60,62-64,66-67H,4-6,9,12-13,15,18,21-22,26,29,31,34,36-37,39-40,42,44-45,47-50H2,1-3H3,(H,61,68)/b10-7-,11-8+,17-14+,19-16-,23-20-,25-24-,28-27-,33-30-,35-32-,41-38+,46-43+. The fraction of sp³-hybridized carbons (Fsp3) is 0.600. The average Bonchev–Trinajstić information content (AvgIpc) is 3.37. The highest BCUT2D eigenvalue weighted by atomic mass is 16.7. The zero-order valence-corrected chi connectivity index (χ0v) is 43.8. The summed E-state index contributed by atoms with van der Waals surface area (Å²) in [6, 6.07) is -1.08. The minimum Gasteiger partial charge on any atom is -0.454 e. The van der Waals surface area contributed by atoms with Crippen LogP contribution in [0.25, 0.3) is 0 Å². The van der Waals surface area contributed by atoms with Crippen LogP contribution in [0.1, 0.15) is 168 Å². The Morgan fingerprint density at radius 1 is 0.577 bits per heavy atom. The van der Waals surface area contributed by atoms with E-state index < -0.39 is 67.4 Å². The molecule has 71 heavy (non-hydrogen) atoms. The van der Waals surface area contributed by atoms with Crippen molar-refractivity contribution in [3.05, 3.63) is 134 Å². The maximum absolute atomic E-state index is 13.3. The summed E-state index contributed by atoms with van der Waals surface area (Å²) in [4.78, 5) is 26.3. The number of hydrogen-bond acceptors (Lipinski definition) is 10. The minimum absolute atomic E-state index is 0.0670. The lowest BCUT2D eigenvalue weighted by Crippen LogP contribution is -2.61. The number of allylic oxidation sites excluding steroid dienone is 21. The number of nitrogens with one attached hydrogen (secondary N) is 1. The molecule has 0 aromatic heterocycles. The summed E-state index contributed by atoms with van der Waals surface area (Å²) in [5, 5.41) is 56.5. The lowest BCUT2D eigenvalue weighted by molar-refractivity contribution is -0.305. The van der Waals surface area contributed by atoms with Crippen molar-refractivity contribution in [1.82, 2.24) is 5.32 Å². The number of aliphatic hydroxyl groups is 5. The monoisotopic (exact) mass is 990 g/mol. The molecule has 400 valence electrons. The molecule has 0 aliphatic carbocycles. The molecule has 6 N–H and O–H groups in total. The van der Waals surface area contributed by atoms with Gasteiger partial charge >= 0.3 is 5.97 Å². The van der Waals surface area contributed by atoms with Crippen molar-refractivity contribution in [1.29, 1.82) is 0 Å². The van der Waals surface area contributed by atoms with E-state index in [1.807, 2.05) is 60.8 Å². The van der Waals surface area contributed by atoms with Crippen LogP contribution >= 0.6 is 0 Å². The van der Waals surface area contributed by atoms with E-state index in [1.165, 1.54) is 38.5 Å². The Bertz CT molecular complexity index is 1650. The van der Waals surface area contributed by atoms with Crippen molar-refractivity contribution in [2.45, 2.75) is 217 Å². The second kappa shape index (κ2) is 46.8. The number of aliphatic hydroxyl groups excluding tert-OH is 5. The van der Waals surface area contributed by atoms with Crippen molar-refractivity contribution in [3.63, 3.8) is 0 Å². The number of ether oxygens (including phenoxy) is 3. The molecule has 1 fully saturated rings. The molecular weight excluding hydrogens is 895 g/mol. The van der Waals surface area contributed by atoms with E-state index in [0.717, 1.165) is 83.5 Å².